The summed E-state index contributed by atoms with van der Waals surface area (Å²) in [4.78, 5) is 4.51. The molecule has 6 heteroatoms. The van der Waals surface area contributed by atoms with Crippen LogP contribution in [0.5, 0.6) is 5.75 Å². The number of para-hydroxylation sites is 1. The Hall–Kier alpha value is -1.42. The molecule has 21 heavy (non-hydrogen) atoms. The fourth-order valence-corrected chi connectivity index (χ4v) is 2.86. The van der Waals surface area contributed by atoms with Crippen LogP contribution in [-0.4, -0.2) is 16.7 Å². The Morgan fingerprint density at radius 2 is 1.95 bits per heavy atom. The molecular weight excluding hydrogens is 331 g/mol. The number of hydrogen-bond acceptors (Lipinski definition) is 2. The van der Waals surface area contributed by atoms with Gasteiger partial charge in [0.15, 0.2) is 0 Å². The molecule has 0 N–H and O–H groups in total. The highest BCUT2D eigenvalue weighted by atomic mass is 35.5. The third-order valence-electron chi connectivity index (χ3n) is 3.22. The SMILES string of the molecule is COc1cc(-n2c(CCl)nc3c(Cl)cccc32)ccc1Cl. The maximum Gasteiger partial charge on any atom is 0.139 e. The standard InChI is InChI=1S/C15H11Cl3N2O/c1-21-13-7-9(5-6-10(13)17)20-12-4-2-3-11(18)15(12)19-14(20)8-16/h2-7H,8H2,1H3. The first-order valence-electron chi connectivity index (χ1n) is 6.21. The van der Waals surface area contributed by atoms with Crippen LogP contribution in [0.4, 0.5) is 0 Å². The van der Waals surface area contributed by atoms with Gasteiger partial charge in [0, 0.05) is 6.07 Å². The highest BCUT2D eigenvalue weighted by Crippen LogP contribution is 2.31. The van der Waals surface area contributed by atoms with Crippen molar-refractivity contribution in [1.82, 2.24) is 9.55 Å². The van der Waals surface area contributed by atoms with E-state index in [0.717, 1.165) is 16.7 Å². The second-order valence-electron chi connectivity index (χ2n) is 4.42. The van der Waals surface area contributed by atoms with Crippen molar-refractivity contribution in [3.05, 3.63) is 52.3 Å². The molecule has 0 spiro atoms. The molecule has 108 valence electrons. The molecule has 0 fully saturated rings. The minimum Gasteiger partial charge on any atom is -0.495 e. The molecule has 0 aliphatic heterocycles. The number of nitrogens with zero attached hydrogens (tertiary/aromatic N) is 2. The molecule has 0 bridgehead atoms. The van der Waals surface area contributed by atoms with E-state index in [0.29, 0.717) is 21.6 Å². The number of methoxy groups -OCH3 is 1. The van der Waals surface area contributed by atoms with Crippen molar-refractivity contribution < 1.29 is 4.74 Å². The predicted molar refractivity (Wildman–Crippen MR) is 87.2 cm³/mol. The van der Waals surface area contributed by atoms with E-state index in [1.165, 1.54) is 0 Å². The van der Waals surface area contributed by atoms with Crippen LogP contribution in [0.2, 0.25) is 10.0 Å². The molecule has 0 radical (unpaired) electrons. The lowest BCUT2D eigenvalue weighted by Gasteiger charge is -2.10. The molecule has 2 aromatic carbocycles. The van der Waals surface area contributed by atoms with Gasteiger partial charge in [-0.1, -0.05) is 29.3 Å². The van der Waals surface area contributed by atoms with Gasteiger partial charge < -0.3 is 4.74 Å². The van der Waals surface area contributed by atoms with E-state index in [1.54, 1.807) is 13.2 Å². The van der Waals surface area contributed by atoms with E-state index in [9.17, 15) is 0 Å². The Bertz CT molecular complexity index is 814. The summed E-state index contributed by atoms with van der Waals surface area (Å²) in [5, 5.41) is 1.15. The zero-order valence-electron chi connectivity index (χ0n) is 11.1. The van der Waals surface area contributed by atoms with Crippen LogP contribution in [0.15, 0.2) is 36.4 Å². The van der Waals surface area contributed by atoms with Crippen LogP contribution in [0, 0.1) is 0 Å². The number of fused-ring (bicyclic) bond motifs is 1. The molecule has 0 saturated heterocycles. The summed E-state index contributed by atoms with van der Waals surface area (Å²) >= 11 is 18.3. The quantitative estimate of drug-likeness (QED) is 0.621. The zero-order valence-corrected chi connectivity index (χ0v) is 13.4. The number of alkyl halides is 1. The van der Waals surface area contributed by atoms with Crippen LogP contribution in [-0.2, 0) is 5.88 Å². The van der Waals surface area contributed by atoms with Crippen molar-refractivity contribution in [2.75, 3.05) is 7.11 Å². The maximum atomic E-state index is 6.21. The highest BCUT2D eigenvalue weighted by molar-refractivity contribution is 6.35. The molecule has 0 aliphatic carbocycles. The Morgan fingerprint density at radius 3 is 2.67 bits per heavy atom. The van der Waals surface area contributed by atoms with Gasteiger partial charge in [0.1, 0.15) is 17.1 Å². The van der Waals surface area contributed by atoms with Gasteiger partial charge in [-0.2, -0.15) is 0 Å². The van der Waals surface area contributed by atoms with Crippen molar-refractivity contribution in [1.29, 1.82) is 0 Å². The van der Waals surface area contributed by atoms with Crippen molar-refractivity contribution in [2.45, 2.75) is 5.88 Å². The molecule has 0 unspecified atom stereocenters. The number of halogens is 3. The Balaban J connectivity index is 2.31. The van der Waals surface area contributed by atoms with Gasteiger partial charge in [-0.3, -0.25) is 4.57 Å². The van der Waals surface area contributed by atoms with Crippen molar-refractivity contribution in [3.8, 4) is 11.4 Å². The fraction of sp³-hybridized carbons (Fsp3) is 0.133. The van der Waals surface area contributed by atoms with E-state index in [1.807, 2.05) is 34.9 Å². The van der Waals surface area contributed by atoms with E-state index in [-0.39, 0.29) is 5.88 Å². The predicted octanol–water partition coefficient (Wildman–Crippen LogP) is 5.08. The van der Waals surface area contributed by atoms with Gasteiger partial charge in [-0.15, -0.1) is 11.6 Å². The lowest BCUT2D eigenvalue weighted by molar-refractivity contribution is 0.415. The third kappa shape index (κ3) is 2.46. The fourth-order valence-electron chi connectivity index (χ4n) is 2.28. The van der Waals surface area contributed by atoms with Crippen LogP contribution in [0.3, 0.4) is 0 Å². The second-order valence-corrected chi connectivity index (χ2v) is 5.51. The van der Waals surface area contributed by atoms with Crippen molar-refractivity contribution in [3.63, 3.8) is 0 Å². The minimum absolute atomic E-state index is 0.274. The summed E-state index contributed by atoms with van der Waals surface area (Å²) < 4.78 is 7.22. The van der Waals surface area contributed by atoms with Crippen LogP contribution in [0.25, 0.3) is 16.7 Å². The number of benzene rings is 2. The van der Waals surface area contributed by atoms with Gasteiger partial charge in [-0.05, 0) is 24.3 Å². The van der Waals surface area contributed by atoms with Crippen LogP contribution in [0.1, 0.15) is 5.82 Å². The number of rotatable bonds is 3. The average molecular weight is 342 g/mol. The molecule has 0 atom stereocenters. The van der Waals surface area contributed by atoms with E-state index < -0.39 is 0 Å². The smallest absolute Gasteiger partial charge is 0.139 e. The lowest BCUT2D eigenvalue weighted by Crippen LogP contribution is -2.00. The van der Waals surface area contributed by atoms with E-state index >= 15 is 0 Å². The first-order chi connectivity index (χ1) is 10.2. The lowest BCUT2D eigenvalue weighted by atomic mass is 10.2. The summed E-state index contributed by atoms with van der Waals surface area (Å²) in [5.41, 5.74) is 2.49. The van der Waals surface area contributed by atoms with E-state index in [4.69, 9.17) is 39.5 Å². The average Bonchev–Trinajstić information content (AvgIpc) is 2.88. The molecule has 0 saturated carbocycles. The van der Waals surface area contributed by atoms with Crippen molar-refractivity contribution in [2.24, 2.45) is 0 Å². The van der Waals surface area contributed by atoms with E-state index in [2.05, 4.69) is 4.98 Å². The summed E-state index contributed by atoms with van der Waals surface area (Å²) in [5.74, 6) is 1.58. The monoisotopic (exact) mass is 340 g/mol. The summed E-state index contributed by atoms with van der Waals surface area (Å²) in [6.07, 6.45) is 0. The topological polar surface area (TPSA) is 27.1 Å². The third-order valence-corrected chi connectivity index (χ3v) is 4.07. The zero-order chi connectivity index (χ0) is 15.0. The van der Waals surface area contributed by atoms with Gasteiger partial charge in [0.05, 0.1) is 34.2 Å². The Kier molecular flexibility index (Phi) is 3.98. The molecule has 1 heterocycles. The summed E-state index contributed by atoms with van der Waals surface area (Å²) in [6, 6.07) is 11.2. The number of ether oxygens (including phenoxy) is 1. The highest BCUT2D eigenvalue weighted by Gasteiger charge is 2.15. The minimum atomic E-state index is 0.274. The van der Waals surface area contributed by atoms with Crippen LogP contribution < -0.4 is 4.74 Å². The van der Waals surface area contributed by atoms with Crippen LogP contribution >= 0.6 is 34.8 Å². The molecule has 3 rings (SSSR count). The molecule has 1 aromatic heterocycles. The maximum absolute atomic E-state index is 6.21. The summed E-state index contributed by atoms with van der Waals surface area (Å²) in [6.45, 7) is 0. The number of aromatic nitrogens is 2. The van der Waals surface area contributed by atoms with Crippen molar-refractivity contribution >= 4 is 45.8 Å². The first kappa shape index (κ1) is 14.5. The molecule has 0 aliphatic rings. The molecule has 3 aromatic rings. The normalized spacial score (nSPS) is 11.0. The largest absolute Gasteiger partial charge is 0.495 e. The number of hydrogen-bond donors (Lipinski definition) is 0. The molecular formula is C15H11Cl3N2O. The van der Waals surface area contributed by atoms with Gasteiger partial charge in [-0.25, -0.2) is 4.98 Å². The first-order valence-corrected chi connectivity index (χ1v) is 7.50. The Labute approximate surface area is 137 Å². The molecule has 3 nitrogen and oxygen atoms in total. The molecule has 0 amide bonds. The second kappa shape index (κ2) is 5.76. The van der Waals surface area contributed by atoms with Gasteiger partial charge in [0.25, 0.3) is 0 Å². The summed E-state index contributed by atoms with van der Waals surface area (Å²) in [7, 11) is 1.58. The van der Waals surface area contributed by atoms with Gasteiger partial charge in [0.2, 0.25) is 0 Å². The Morgan fingerprint density at radius 1 is 1.14 bits per heavy atom. The number of imidazole rings is 1. The van der Waals surface area contributed by atoms with Gasteiger partial charge >= 0.3 is 0 Å².